The van der Waals surface area contributed by atoms with Crippen LogP contribution in [0.25, 0.3) is 54.9 Å². The lowest BCUT2D eigenvalue weighted by Crippen LogP contribution is -2.40. The van der Waals surface area contributed by atoms with E-state index in [1.165, 1.54) is 24.3 Å². The second-order valence-electron chi connectivity index (χ2n) is 11.3. The van der Waals surface area contributed by atoms with Crippen molar-refractivity contribution in [3.05, 3.63) is 78.1 Å². The molecule has 1 N–H and O–H groups in total. The summed E-state index contributed by atoms with van der Waals surface area (Å²) in [7, 11) is 1.82. The van der Waals surface area contributed by atoms with Crippen LogP contribution in [0.1, 0.15) is 25.6 Å². The number of hydrogen-bond acceptors (Lipinski definition) is 8. The summed E-state index contributed by atoms with van der Waals surface area (Å²) in [5.41, 5.74) is 4.00. The summed E-state index contributed by atoms with van der Waals surface area (Å²) >= 11 is 1.38. The lowest BCUT2D eigenvalue weighted by atomic mass is 9.96. The van der Waals surface area contributed by atoms with E-state index >= 15 is 4.39 Å². The number of pyridine rings is 2. The van der Waals surface area contributed by atoms with Gasteiger partial charge in [-0.1, -0.05) is 6.58 Å². The van der Waals surface area contributed by atoms with Crippen molar-refractivity contribution in [1.82, 2.24) is 34.4 Å². The SMILES string of the molecule is C=CC(=O)N1CCn2nc(-c3nc(-c4cnc5c(cnn5C)c4)c4ccsc4c3-c3c(F)cc(F)cc3OC[C@@H](C)O)cc2[C@H]1C. The zero-order chi connectivity index (χ0) is 32.3. The average Bonchev–Trinajstić information content (AvgIpc) is 3.78. The van der Waals surface area contributed by atoms with Gasteiger partial charge < -0.3 is 14.7 Å². The number of nitrogens with zero attached hydrogens (tertiary/aromatic N) is 7. The summed E-state index contributed by atoms with van der Waals surface area (Å²) in [5, 5.41) is 22.6. The Kier molecular flexibility index (Phi) is 7.36. The topological polar surface area (TPSA) is 111 Å². The zero-order valence-electron chi connectivity index (χ0n) is 25.2. The highest BCUT2D eigenvalue weighted by atomic mass is 32.1. The van der Waals surface area contributed by atoms with Crippen LogP contribution >= 0.6 is 11.3 Å². The fourth-order valence-electron chi connectivity index (χ4n) is 5.99. The smallest absolute Gasteiger partial charge is 0.246 e. The Balaban J connectivity index is 1.51. The van der Waals surface area contributed by atoms with Crippen LogP contribution < -0.4 is 4.74 Å². The fourth-order valence-corrected chi connectivity index (χ4v) is 6.94. The van der Waals surface area contributed by atoms with Crippen LogP contribution in [0.3, 0.4) is 0 Å². The Labute approximate surface area is 266 Å². The van der Waals surface area contributed by atoms with Crippen molar-refractivity contribution >= 4 is 38.4 Å². The highest BCUT2D eigenvalue weighted by Gasteiger charge is 2.31. The van der Waals surface area contributed by atoms with E-state index in [0.29, 0.717) is 46.1 Å². The van der Waals surface area contributed by atoms with E-state index in [0.717, 1.165) is 34.2 Å². The molecular formula is C33H29F2N7O3S. The molecule has 1 aromatic carbocycles. The maximum atomic E-state index is 16.0. The summed E-state index contributed by atoms with van der Waals surface area (Å²) in [5.74, 6) is -1.91. The third-order valence-corrected chi connectivity index (χ3v) is 9.09. The highest BCUT2D eigenvalue weighted by molar-refractivity contribution is 7.18. The van der Waals surface area contributed by atoms with Crippen LogP contribution in [-0.2, 0) is 18.4 Å². The second kappa shape index (κ2) is 11.4. The number of carbonyl (C=O) groups is 1. The van der Waals surface area contributed by atoms with E-state index in [2.05, 4.69) is 16.7 Å². The molecule has 0 saturated carbocycles. The van der Waals surface area contributed by atoms with E-state index in [4.69, 9.17) is 14.8 Å². The summed E-state index contributed by atoms with van der Waals surface area (Å²) in [6.45, 7) is 7.78. The fraction of sp³-hybridized carbons (Fsp3) is 0.242. The molecule has 6 aromatic rings. The van der Waals surface area contributed by atoms with Crippen LogP contribution in [0.4, 0.5) is 8.78 Å². The van der Waals surface area contributed by atoms with E-state index < -0.39 is 17.7 Å². The monoisotopic (exact) mass is 641 g/mol. The molecule has 1 aliphatic rings. The maximum Gasteiger partial charge on any atom is 0.246 e. The Morgan fingerprint density at radius 2 is 2.02 bits per heavy atom. The number of fused-ring (bicyclic) bond motifs is 3. The second-order valence-corrected chi connectivity index (χ2v) is 12.2. The first-order valence-corrected chi connectivity index (χ1v) is 15.5. The minimum atomic E-state index is -0.877. The Bertz CT molecular complexity index is 2170. The Hall–Kier alpha value is -5.01. The predicted molar refractivity (Wildman–Crippen MR) is 171 cm³/mol. The molecular weight excluding hydrogens is 612 g/mol. The Morgan fingerprint density at radius 3 is 2.80 bits per heavy atom. The number of aliphatic hydroxyl groups is 1. The first kappa shape index (κ1) is 29.7. The van der Waals surface area contributed by atoms with Gasteiger partial charge in [-0.25, -0.2) is 18.7 Å². The van der Waals surface area contributed by atoms with Gasteiger partial charge in [0.25, 0.3) is 0 Å². The molecule has 13 heteroatoms. The van der Waals surface area contributed by atoms with Crippen molar-refractivity contribution in [2.24, 2.45) is 7.05 Å². The van der Waals surface area contributed by atoms with Gasteiger partial charge in [0.1, 0.15) is 35.4 Å². The number of ether oxygens (including phenoxy) is 1. The lowest BCUT2D eigenvalue weighted by Gasteiger charge is -2.33. The van der Waals surface area contributed by atoms with Gasteiger partial charge >= 0.3 is 0 Å². The van der Waals surface area contributed by atoms with Crippen molar-refractivity contribution in [1.29, 1.82) is 0 Å². The molecule has 2 atom stereocenters. The van der Waals surface area contributed by atoms with Crippen molar-refractivity contribution in [3.8, 4) is 39.5 Å². The van der Waals surface area contributed by atoms with Crippen LogP contribution in [0.2, 0.25) is 0 Å². The standard InChI is InChI=1S/C33H29F2N7O3S/c1-5-27(44)41-7-8-42-25(18(41)3)13-24(39-42)31-29(28-23(35)11-21(34)12-26(28)45-16-17(2)43)32-22(6-9-46-32)30(38-31)19-10-20-15-37-40(4)33(20)36-14-19/h5-6,9-15,17-18,43H,1,7-8,16H2,2-4H3/t17-,18-/m1/s1. The number of carbonyl (C=O) groups excluding carboxylic acids is 1. The zero-order valence-corrected chi connectivity index (χ0v) is 26.1. The molecule has 0 spiro atoms. The third kappa shape index (κ3) is 4.92. The highest BCUT2D eigenvalue weighted by Crippen LogP contribution is 2.47. The van der Waals surface area contributed by atoms with E-state index in [1.807, 2.05) is 42.2 Å². The van der Waals surface area contributed by atoms with Crippen molar-refractivity contribution in [3.63, 3.8) is 0 Å². The van der Waals surface area contributed by atoms with Crippen molar-refractivity contribution < 1.29 is 23.4 Å². The number of benzene rings is 1. The minimum Gasteiger partial charge on any atom is -0.490 e. The van der Waals surface area contributed by atoms with Gasteiger partial charge in [0.2, 0.25) is 5.91 Å². The number of rotatable bonds is 7. The van der Waals surface area contributed by atoms with E-state index in [1.54, 1.807) is 22.0 Å². The van der Waals surface area contributed by atoms with Crippen LogP contribution in [0.5, 0.6) is 5.75 Å². The lowest BCUT2D eigenvalue weighted by molar-refractivity contribution is -0.129. The molecule has 0 bridgehead atoms. The summed E-state index contributed by atoms with van der Waals surface area (Å²) in [4.78, 5) is 24.1. The molecule has 6 heterocycles. The third-order valence-electron chi connectivity index (χ3n) is 8.16. The van der Waals surface area contributed by atoms with E-state index in [9.17, 15) is 14.3 Å². The van der Waals surface area contributed by atoms with Gasteiger partial charge in [-0.15, -0.1) is 11.3 Å². The van der Waals surface area contributed by atoms with Gasteiger partial charge in [-0.2, -0.15) is 10.2 Å². The van der Waals surface area contributed by atoms with Gasteiger partial charge in [-0.05, 0) is 43.5 Å². The molecule has 10 nitrogen and oxygen atoms in total. The molecule has 0 unspecified atom stereocenters. The molecule has 0 radical (unpaired) electrons. The number of hydrogen-bond donors (Lipinski definition) is 1. The average molecular weight is 642 g/mol. The first-order valence-electron chi connectivity index (χ1n) is 14.6. The van der Waals surface area contributed by atoms with Gasteiger partial charge in [0, 0.05) is 58.5 Å². The predicted octanol–water partition coefficient (Wildman–Crippen LogP) is 5.90. The number of aryl methyl sites for hydroxylation is 1. The minimum absolute atomic E-state index is 0.00636. The first-order chi connectivity index (χ1) is 22.1. The molecule has 0 fully saturated rings. The van der Waals surface area contributed by atoms with Crippen LogP contribution in [0, 0.1) is 11.6 Å². The number of aliphatic hydroxyl groups excluding tert-OH is 1. The summed E-state index contributed by atoms with van der Waals surface area (Å²) in [6, 6.07) is 7.31. The molecule has 46 heavy (non-hydrogen) atoms. The quantitative estimate of drug-likeness (QED) is 0.216. The molecule has 234 valence electrons. The summed E-state index contributed by atoms with van der Waals surface area (Å²) in [6.07, 6.45) is 3.87. The van der Waals surface area contributed by atoms with Gasteiger partial charge in [0.05, 0.1) is 41.8 Å². The number of amides is 1. The number of thiophene rings is 1. The largest absolute Gasteiger partial charge is 0.490 e. The maximum absolute atomic E-state index is 16.0. The molecule has 1 aliphatic heterocycles. The van der Waals surface area contributed by atoms with Gasteiger partial charge in [-0.3, -0.25) is 14.2 Å². The van der Waals surface area contributed by atoms with Crippen molar-refractivity contribution in [2.45, 2.75) is 32.5 Å². The Morgan fingerprint density at radius 1 is 1.20 bits per heavy atom. The molecule has 1 amide bonds. The number of halogens is 2. The molecule has 0 aliphatic carbocycles. The van der Waals surface area contributed by atoms with E-state index in [-0.39, 0.29) is 29.9 Å². The van der Waals surface area contributed by atoms with Gasteiger partial charge in [0.15, 0.2) is 5.65 Å². The van der Waals surface area contributed by atoms with Crippen molar-refractivity contribution in [2.75, 3.05) is 13.2 Å². The summed E-state index contributed by atoms with van der Waals surface area (Å²) < 4.78 is 40.6. The van der Waals surface area contributed by atoms with Crippen LogP contribution in [0.15, 0.2) is 60.8 Å². The molecule has 7 rings (SSSR count). The normalized spacial score (nSPS) is 15.3. The number of aromatic nitrogens is 6. The van der Waals surface area contributed by atoms with Crippen LogP contribution in [-0.4, -0.2) is 64.7 Å². The molecule has 0 saturated heterocycles. The molecule has 5 aromatic heterocycles.